The number of hydrogen-bond donors (Lipinski definition) is 1. The number of aryl methyl sites for hydroxylation is 1. The van der Waals surface area contributed by atoms with Crippen molar-refractivity contribution in [2.24, 2.45) is 0 Å². The van der Waals surface area contributed by atoms with Gasteiger partial charge < -0.3 is 5.32 Å². The Labute approximate surface area is 74.0 Å². The van der Waals surface area contributed by atoms with Gasteiger partial charge in [0.05, 0.1) is 0 Å². The van der Waals surface area contributed by atoms with Gasteiger partial charge in [0.2, 0.25) is 0 Å². The minimum absolute atomic E-state index is 0.261. The molecular weight excluding hydrogens is 176 g/mol. The van der Waals surface area contributed by atoms with Gasteiger partial charge in [-0.2, -0.15) is 3.96 Å². The molecule has 1 amide bonds. The summed E-state index contributed by atoms with van der Waals surface area (Å²) in [6.07, 6.45) is 0. The maximum Gasteiger partial charge on any atom is 0.338 e. The van der Waals surface area contributed by atoms with Crippen molar-refractivity contribution in [1.82, 2.24) is 9.27 Å². The van der Waals surface area contributed by atoms with Crippen LogP contribution in [0.5, 0.6) is 0 Å². The van der Waals surface area contributed by atoms with E-state index >= 15 is 0 Å². The predicted octanol–water partition coefficient (Wildman–Crippen LogP) is 0.796. The molecule has 0 radical (unpaired) electrons. The van der Waals surface area contributed by atoms with Crippen molar-refractivity contribution >= 4 is 17.6 Å². The van der Waals surface area contributed by atoms with Crippen LogP contribution >= 0.6 is 11.5 Å². The van der Waals surface area contributed by atoms with Crippen molar-refractivity contribution in [2.75, 3.05) is 6.54 Å². The van der Waals surface area contributed by atoms with Crippen molar-refractivity contribution < 1.29 is 4.79 Å². The van der Waals surface area contributed by atoms with Crippen molar-refractivity contribution in [2.45, 2.75) is 13.8 Å². The summed E-state index contributed by atoms with van der Waals surface area (Å²) in [5.74, 6) is 0. The van der Waals surface area contributed by atoms with Crippen molar-refractivity contribution in [1.29, 1.82) is 0 Å². The highest BCUT2D eigenvalue weighted by molar-refractivity contribution is 7.07. The topological polar surface area (TPSA) is 51.1 Å². The van der Waals surface area contributed by atoms with E-state index in [-0.39, 0.29) is 11.6 Å². The van der Waals surface area contributed by atoms with E-state index in [9.17, 15) is 9.59 Å². The predicted molar refractivity (Wildman–Crippen MR) is 47.8 cm³/mol. The lowest BCUT2D eigenvalue weighted by Gasteiger charge is -1.98. The van der Waals surface area contributed by atoms with Crippen LogP contribution in [0.4, 0.5) is 4.79 Å². The fraction of sp³-hybridized carbons (Fsp3) is 0.429. The summed E-state index contributed by atoms with van der Waals surface area (Å²) < 4.78 is 1.11. The SMILES string of the molecule is CCNC(=O)n1sc(C)cc1=O. The Kier molecular flexibility index (Phi) is 2.65. The number of rotatable bonds is 1. The van der Waals surface area contributed by atoms with Gasteiger partial charge >= 0.3 is 6.03 Å². The van der Waals surface area contributed by atoms with Gasteiger partial charge in [0.15, 0.2) is 0 Å². The number of amides is 1. The molecule has 0 fully saturated rings. The largest absolute Gasteiger partial charge is 0.338 e. The standard InChI is InChI=1S/C7H10N2O2S/c1-3-8-7(11)9-6(10)4-5(2)12-9/h4H,3H2,1-2H3,(H,8,11). The number of carbonyl (C=O) groups is 1. The first-order valence-corrected chi connectivity index (χ1v) is 4.40. The Hall–Kier alpha value is -1.10. The van der Waals surface area contributed by atoms with Crippen LogP contribution in [-0.4, -0.2) is 16.5 Å². The normalized spacial score (nSPS) is 9.83. The third-order valence-electron chi connectivity index (χ3n) is 1.27. The summed E-state index contributed by atoms with van der Waals surface area (Å²) in [5.41, 5.74) is -0.261. The Morgan fingerprint density at radius 3 is 2.83 bits per heavy atom. The molecule has 0 unspecified atom stereocenters. The molecule has 0 spiro atoms. The first kappa shape index (κ1) is 8.99. The van der Waals surface area contributed by atoms with Crippen LogP contribution < -0.4 is 10.9 Å². The van der Waals surface area contributed by atoms with Crippen LogP contribution in [0.25, 0.3) is 0 Å². The average Bonchev–Trinajstić information content (AvgIpc) is 2.30. The Bertz CT molecular complexity index is 339. The van der Waals surface area contributed by atoms with Gasteiger partial charge in [0.25, 0.3) is 5.56 Å². The molecule has 1 aromatic rings. The number of nitrogens with zero attached hydrogens (tertiary/aromatic N) is 1. The Balaban J connectivity index is 2.95. The van der Waals surface area contributed by atoms with E-state index in [0.717, 1.165) is 20.4 Å². The molecule has 0 aromatic carbocycles. The van der Waals surface area contributed by atoms with Crippen molar-refractivity contribution in [3.63, 3.8) is 0 Å². The van der Waals surface area contributed by atoms with Gasteiger partial charge in [-0.15, -0.1) is 0 Å². The molecule has 0 aliphatic heterocycles. The highest BCUT2D eigenvalue weighted by Gasteiger charge is 2.07. The summed E-state index contributed by atoms with van der Waals surface area (Å²) in [4.78, 5) is 23.0. The van der Waals surface area contributed by atoms with E-state index < -0.39 is 0 Å². The zero-order chi connectivity index (χ0) is 9.14. The van der Waals surface area contributed by atoms with E-state index in [4.69, 9.17) is 0 Å². The summed E-state index contributed by atoms with van der Waals surface area (Å²) in [6.45, 7) is 4.13. The monoisotopic (exact) mass is 186 g/mol. The van der Waals surface area contributed by atoms with Crippen LogP contribution in [0.2, 0.25) is 0 Å². The van der Waals surface area contributed by atoms with Crippen molar-refractivity contribution in [3.05, 3.63) is 21.3 Å². The van der Waals surface area contributed by atoms with Crippen molar-refractivity contribution in [3.8, 4) is 0 Å². The van der Waals surface area contributed by atoms with Gasteiger partial charge in [-0.25, -0.2) is 4.79 Å². The third kappa shape index (κ3) is 1.73. The van der Waals surface area contributed by atoms with E-state index in [1.54, 1.807) is 6.92 Å². The van der Waals surface area contributed by atoms with Gasteiger partial charge in [-0.3, -0.25) is 4.79 Å². The second-order valence-electron chi connectivity index (χ2n) is 2.31. The number of nitrogens with one attached hydrogen (secondary N) is 1. The van der Waals surface area contributed by atoms with E-state index in [0.29, 0.717) is 6.54 Å². The van der Waals surface area contributed by atoms with Gasteiger partial charge in [-0.1, -0.05) is 11.5 Å². The Morgan fingerprint density at radius 2 is 2.42 bits per heavy atom. The molecule has 0 bridgehead atoms. The highest BCUT2D eigenvalue weighted by Crippen LogP contribution is 2.01. The first-order valence-electron chi connectivity index (χ1n) is 3.63. The molecular formula is C7H10N2O2S. The summed E-state index contributed by atoms with van der Waals surface area (Å²) in [5, 5.41) is 2.55. The zero-order valence-electron chi connectivity index (χ0n) is 6.96. The smallest absolute Gasteiger partial charge is 0.337 e. The molecule has 0 aliphatic rings. The lowest BCUT2D eigenvalue weighted by molar-refractivity contribution is 0.244. The second kappa shape index (κ2) is 3.53. The summed E-state index contributed by atoms with van der Waals surface area (Å²) in [6, 6.07) is 1.10. The maximum absolute atomic E-state index is 11.1. The number of carbonyl (C=O) groups excluding carboxylic acids is 1. The van der Waals surface area contributed by atoms with Crippen LogP contribution in [0, 0.1) is 6.92 Å². The van der Waals surface area contributed by atoms with Crippen LogP contribution in [-0.2, 0) is 0 Å². The van der Waals surface area contributed by atoms with Crippen LogP contribution in [0.3, 0.4) is 0 Å². The fourth-order valence-corrected chi connectivity index (χ4v) is 1.54. The molecule has 0 saturated heterocycles. The molecule has 12 heavy (non-hydrogen) atoms. The summed E-state index contributed by atoms with van der Waals surface area (Å²) in [7, 11) is 0. The second-order valence-corrected chi connectivity index (χ2v) is 3.51. The highest BCUT2D eigenvalue weighted by atomic mass is 32.1. The van der Waals surface area contributed by atoms with Crippen LogP contribution in [0.1, 0.15) is 11.8 Å². The molecule has 5 heteroatoms. The molecule has 0 atom stereocenters. The lowest BCUT2D eigenvalue weighted by atomic mass is 10.5. The van der Waals surface area contributed by atoms with E-state index in [1.807, 2.05) is 6.92 Å². The first-order chi connectivity index (χ1) is 5.65. The molecule has 0 aliphatic carbocycles. The molecule has 66 valence electrons. The van der Waals surface area contributed by atoms with E-state index in [2.05, 4.69) is 5.32 Å². The zero-order valence-corrected chi connectivity index (χ0v) is 7.77. The van der Waals surface area contributed by atoms with Gasteiger partial charge in [0, 0.05) is 17.5 Å². The minimum Gasteiger partial charge on any atom is -0.337 e. The maximum atomic E-state index is 11.1. The molecule has 1 N–H and O–H groups in total. The third-order valence-corrected chi connectivity index (χ3v) is 2.21. The van der Waals surface area contributed by atoms with Gasteiger partial charge in [-0.05, 0) is 13.8 Å². The average molecular weight is 186 g/mol. The van der Waals surface area contributed by atoms with Gasteiger partial charge in [0.1, 0.15) is 0 Å². The molecule has 1 aromatic heterocycles. The van der Waals surface area contributed by atoms with Crippen LogP contribution in [0.15, 0.2) is 10.9 Å². The fourth-order valence-electron chi connectivity index (χ4n) is 0.812. The Morgan fingerprint density at radius 1 is 1.75 bits per heavy atom. The minimum atomic E-state index is -0.347. The quantitative estimate of drug-likeness (QED) is 0.705. The molecule has 0 saturated carbocycles. The number of aromatic nitrogens is 1. The lowest BCUT2D eigenvalue weighted by Crippen LogP contribution is -2.32. The summed E-state index contributed by atoms with van der Waals surface area (Å²) >= 11 is 1.15. The van der Waals surface area contributed by atoms with E-state index in [1.165, 1.54) is 6.07 Å². The molecule has 1 rings (SSSR count). The number of hydrogen-bond acceptors (Lipinski definition) is 3. The molecule has 4 nitrogen and oxygen atoms in total. The molecule has 1 heterocycles.